The second kappa shape index (κ2) is 6.59. The fraction of sp³-hybridized carbons (Fsp3) is 0.333. The number of hydrogen-bond donors (Lipinski definition) is 1. The molecule has 0 saturated heterocycles. The van der Waals surface area contributed by atoms with Gasteiger partial charge in [-0.05, 0) is 62.6 Å². The molecular weight excluding hydrogens is 285 g/mol. The van der Waals surface area contributed by atoms with Crippen LogP contribution in [0.2, 0.25) is 5.02 Å². The molecule has 1 unspecified atom stereocenters. The summed E-state index contributed by atoms with van der Waals surface area (Å²) in [7, 11) is 0. The standard InChI is InChI=1S/C18H21ClFN/c1-11-7-12(2)15(13(3)8-11)9-14(10-21)18-16(19)5-4-6-17(18)20/h4-8,14H,9-10,21H2,1-3H3. The van der Waals surface area contributed by atoms with E-state index in [0.717, 1.165) is 0 Å². The van der Waals surface area contributed by atoms with Crippen LogP contribution in [0.5, 0.6) is 0 Å². The number of hydrogen-bond acceptors (Lipinski definition) is 1. The van der Waals surface area contributed by atoms with E-state index in [0.29, 0.717) is 23.6 Å². The first-order chi connectivity index (χ1) is 9.93. The Morgan fingerprint density at radius 2 is 1.76 bits per heavy atom. The van der Waals surface area contributed by atoms with Crippen LogP contribution < -0.4 is 5.73 Å². The molecule has 1 atom stereocenters. The summed E-state index contributed by atoms with van der Waals surface area (Å²) in [5.41, 5.74) is 11.3. The van der Waals surface area contributed by atoms with Crippen molar-refractivity contribution in [2.45, 2.75) is 33.1 Å². The molecule has 0 spiro atoms. The van der Waals surface area contributed by atoms with Gasteiger partial charge in [-0.25, -0.2) is 4.39 Å². The Hall–Kier alpha value is -1.38. The fourth-order valence-corrected chi connectivity index (χ4v) is 3.30. The predicted molar refractivity (Wildman–Crippen MR) is 87.6 cm³/mol. The smallest absolute Gasteiger partial charge is 0.128 e. The van der Waals surface area contributed by atoms with Crippen molar-refractivity contribution >= 4 is 11.6 Å². The van der Waals surface area contributed by atoms with Gasteiger partial charge in [-0.1, -0.05) is 35.4 Å². The lowest BCUT2D eigenvalue weighted by atomic mass is 9.87. The Morgan fingerprint density at radius 3 is 2.29 bits per heavy atom. The van der Waals surface area contributed by atoms with E-state index in [-0.39, 0.29) is 11.7 Å². The molecule has 1 nitrogen and oxygen atoms in total. The quantitative estimate of drug-likeness (QED) is 0.871. The van der Waals surface area contributed by atoms with Gasteiger partial charge in [0.2, 0.25) is 0 Å². The van der Waals surface area contributed by atoms with E-state index in [1.807, 2.05) is 0 Å². The summed E-state index contributed by atoms with van der Waals surface area (Å²) in [4.78, 5) is 0. The minimum atomic E-state index is -0.277. The number of halogens is 2. The van der Waals surface area contributed by atoms with E-state index in [1.165, 1.54) is 28.3 Å². The van der Waals surface area contributed by atoms with Gasteiger partial charge >= 0.3 is 0 Å². The molecule has 21 heavy (non-hydrogen) atoms. The molecule has 0 bridgehead atoms. The molecule has 2 aromatic rings. The third kappa shape index (κ3) is 3.45. The van der Waals surface area contributed by atoms with Crippen molar-refractivity contribution in [2.75, 3.05) is 6.54 Å². The van der Waals surface area contributed by atoms with Gasteiger partial charge in [-0.3, -0.25) is 0 Å². The summed E-state index contributed by atoms with van der Waals surface area (Å²) >= 11 is 6.18. The molecule has 0 fully saturated rings. The van der Waals surface area contributed by atoms with Crippen LogP contribution in [0, 0.1) is 26.6 Å². The number of nitrogens with two attached hydrogens (primary N) is 1. The highest BCUT2D eigenvalue weighted by Gasteiger charge is 2.20. The SMILES string of the molecule is Cc1cc(C)c(CC(CN)c2c(F)cccc2Cl)c(C)c1. The van der Waals surface area contributed by atoms with Gasteiger partial charge in [0, 0.05) is 16.5 Å². The van der Waals surface area contributed by atoms with Gasteiger partial charge in [-0.2, -0.15) is 0 Å². The van der Waals surface area contributed by atoms with E-state index in [2.05, 4.69) is 32.9 Å². The second-order valence-corrected chi connectivity index (χ2v) is 6.06. The van der Waals surface area contributed by atoms with Crippen molar-refractivity contribution in [2.24, 2.45) is 5.73 Å². The van der Waals surface area contributed by atoms with Crippen molar-refractivity contribution < 1.29 is 4.39 Å². The predicted octanol–water partition coefficient (Wildman–Crippen LogP) is 4.69. The highest BCUT2D eigenvalue weighted by molar-refractivity contribution is 6.31. The molecule has 3 heteroatoms. The van der Waals surface area contributed by atoms with E-state index in [4.69, 9.17) is 17.3 Å². The van der Waals surface area contributed by atoms with Crippen LogP contribution in [0.25, 0.3) is 0 Å². The summed E-state index contributed by atoms with van der Waals surface area (Å²) < 4.78 is 14.1. The fourth-order valence-electron chi connectivity index (χ4n) is 2.98. The third-order valence-electron chi connectivity index (χ3n) is 3.98. The minimum absolute atomic E-state index is 0.112. The first kappa shape index (κ1) is 16.0. The van der Waals surface area contributed by atoms with Crippen LogP contribution in [-0.4, -0.2) is 6.54 Å². The largest absolute Gasteiger partial charge is 0.330 e. The maximum absolute atomic E-state index is 14.1. The molecule has 2 aromatic carbocycles. The normalized spacial score (nSPS) is 12.5. The van der Waals surface area contributed by atoms with Crippen molar-refractivity contribution in [3.05, 3.63) is 69.0 Å². The molecule has 0 aromatic heterocycles. The van der Waals surface area contributed by atoms with Gasteiger partial charge in [-0.15, -0.1) is 0 Å². The van der Waals surface area contributed by atoms with Gasteiger partial charge in [0.25, 0.3) is 0 Å². The van der Waals surface area contributed by atoms with Crippen molar-refractivity contribution in [3.8, 4) is 0 Å². The van der Waals surface area contributed by atoms with Crippen LogP contribution in [0.4, 0.5) is 4.39 Å². The van der Waals surface area contributed by atoms with Gasteiger partial charge in [0.15, 0.2) is 0 Å². The summed E-state index contributed by atoms with van der Waals surface area (Å²) in [6, 6.07) is 9.09. The van der Waals surface area contributed by atoms with Crippen molar-refractivity contribution in [3.63, 3.8) is 0 Å². The highest BCUT2D eigenvalue weighted by Crippen LogP contribution is 2.31. The number of rotatable bonds is 4. The van der Waals surface area contributed by atoms with Gasteiger partial charge in [0.1, 0.15) is 5.82 Å². The highest BCUT2D eigenvalue weighted by atomic mass is 35.5. The van der Waals surface area contributed by atoms with Crippen LogP contribution in [0.15, 0.2) is 30.3 Å². The first-order valence-electron chi connectivity index (χ1n) is 7.14. The van der Waals surface area contributed by atoms with E-state index >= 15 is 0 Å². The zero-order valence-corrected chi connectivity index (χ0v) is 13.5. The summed E-state index contributed by atoms with van der Waals surface area (Å²) in [5.74, 6) is -0.390. The van der Waals surface area contributed by atoms with Crippen LogP contribution in [0.1, 0.15) is 33.7 Å². The molecule has 0 saturated carbocycles. The first-order valence-corrected chi connectivity index (χ1v) is 7.52. The molecule has 0 amide bonds. The molecule has 0 aliphatic rings. The van der Waals surface area contributed by atoms with Crippen LogP contribution in [0.3, 0.4) is 0 Å². The Kier molecular flexibility index (Phi) is 5.02. The van der Waals surface area contributed by atoms with Crippen LogP contribution in [-0.2, 0) is 6.42 Å². The minimum Gasteiger partial charge on any atom is -0.330 e. The zero-order chi connectivity index (χ0) is 15.6. The molecule has 0 heterocycles. The van der Waals surface area contributed by atoms with E-state index in [1.54, 1.807) is 12.1 Å². The summed E-state index contributed by atoms with van der Waals surface area (Å²) in [5, 5.41) is 0.452. The summed E-state index contributed by atoms with van der Waals surface area (Å²) in [6.45, 7) is 6.63. The Morgan fingerprint density at radius 1 is 1.14 bits per heavy atom. The zero-order valence-electron chi connectivity index (χ0n) is 12.7. The lowest BCUT2D eigenvalue weighted by Crippen LogP contribution is -2.18. The average molecular weight is 306 g/mol. The molecule has 2 N–H and O–H groups in total. The maximum Gasteiger partial charge on any atom is 0.128 e. The monoisotopic (exact) mass is 305 g/mol. The summed E-state index contributed by atoms with van der Waals surface area (Å²) in [6.07, 6.45) is 0.703. The van der Waals surface area contributed by atoms with Crippen molar-refractivity contribution in [1.82, 2.24) is 0 Å². The van der Waals surface area contributed by atoms with E-state index in [9.17, 15) is 4.39 Å². The molecule has 2 rings (SSSR count). The average Bonchev–Trinajstić information content (AvgIpc) is 2.40. The second-order valence-electron chi connectivity index (χ2n) is 5.65. The number of aryl methyl sites for hydroxylation is 3. The Balaban J connectivity index is 2.41. The van der Waals surface area contributed by atoms with Gasteiger partial charge in [0.05, 0.1) is 0 Å². The molecule has 0 aliphatic carbocycles. The maximum atomic E-state index is 14.1. The van der Waals surface area contributed by atoms with Crippen LogP contribution >= 0.6 is 11.6 Å². The molecule has 112 valence electrons. The van der Waals surface area contributed by atoms with Gasteiger partial charge < -0.3 is 5.73 Å². The van der Waals surface area contributed by atoms with E-state index < -0.39 is 0 Å². The Bertz CT molecular complexity index is 608. The Labute approximate surface area is 130 Å². The molecule has 0 radical (unpaired) electrons. The third-order valence-corrected chi connectivity index (χ3v) is 4.31. The number of benzene rings is 2. The van der Waals surface area contributed by atoms with Crippen molar-refractivity contribution in [1.29, 1.82) is 0 Å². The molecule has 0 aliphatic heterocycles. The lowest BCUT2D eigenvalue weighted by Gasteiger charge is -2.20. The topological polar surface area (TPSA) is 26.0 Å². The lowest BCUT2D eigenvalue weighted by molar-refractivity contribution is 0.575. The molecular formula is C18H21ClFN.